The molecule has 0 radical (unpaired) electrons. The minimum absolute atomic E-state index is 0.159. The normalized spacial score (nSPS) is 12.1. The molecule has 6 heteroatoms. The zero-order valence-electron chi connectivity index (χ0n) is 13.4. The number of aryl methyl sites for hydroxylation is 1. The number of benzene rings is 1. The largest absolute Gasteiger partial charge is 0.497 e. The highest BCUT2D eigenvalue weighted by molar-refractivity contribution is 7.10. The quantitative estimate of drug-likeness (QED) is 0.747. The Kier molecular flexibility index (Phi) is 4.78. The van der Waals surface area contributed by atoms with E-state index in [1.807, 2.05) is 36.6 Å². The van der Waals surface area contributed by atoms with Crippen LogP contribution in [-0.2, 0) is 0 Å². The van der Waals surface area contributed by atoms with E-state index in [1.165, 1.54) is 11.3 Å². The molecule has 24 heavy (non-hydrogen) atoms. The number of fused-ring (bicyclic) bond motifs is 1. The summed E-state index contributed by atoms with van der Waals surface area (Å²) < 4.78 is 5.24. The molecule has 0 aliphatic heterocycles. The lowest BCUT2D eigenvalue weighted by atomic mass is 10.1. The Morgan fingerprint density at radius 3 is 2.92 bits per heavy atom. The van der Waals surface area contributed by atoms with Crippen molar-refractivity contribution < 1.29 is 14.6 Å². The van der Waals surface area contributed by atoms with Crippen LogP contribution in [0.4, 0.5) is 0 Å². The van der Waals surface area contributed by atoms with Gasteiger partial charge in [0.15, 0.2) is 0 Å². The molecule has 3 rings (SSSR count). The summed E-state index contributed by atoms with van der Waals surface area (Å²) in [6.07, 6.45) is -0.710. The minimum atomic E-state index is -0.710. The number of aliphatic hydroxyl groups is 1. The molecule has 1 aromatic carbocycles. The smallest absolute Gasteiger partial charge is 0.252 e. The number of thiophene rings is 1. The van der Waals surface area contributed by atoms with E-state index < -0.39 is 6.10 Å². The average molecular weight is 342 g/mol. The van der Waals surface area contributed by atoms with E-state index in [-0.39, 0.29) is 12.5 Å². The summed E-state index contributed by atoms with van der Waals surface area (Å²) in [7, 11) is 1.58. The van der Waals surface area contributed by atoms with Crippen molar-refractivity contribution in [1.29, 1.82) is 0 Å². The van der Waals surface area contributed by atoms with E-state index in [9.17, 15) is 9.90 Å². The number of nitrogens with zero attached hydrogens (tertiary/aromatic N) is 1. The Hall–Kier alpha value is -2.44. The number of rotatable bonds is 5. The number of hydrogen-bond donors (Lipinski definition) is 2. The van der Waals surface area contributed by atoms with Crippen LogP contribution >= 0.6 is 11.3 Å². The molecule has 0 aliphatic rings. The molecule has 0 saturated carbocycles. The van der Waals surface area contributed by atoms with Gasteiger partial charge in [0.2, 0.25) is 0 Å². The van der Waals surface area contributed by atoms with Crippen molar-refractivity contribution in [3.63, 3.8) is 0 Å². The molecule has 1 amide bonds. The maximum Gasteiger partial charge on any atom is 0.252 e. The molecule has 2 aromatic heterocycles. The molecule has 124 valence electrons. The van der Waals surface area contributed by atoms with Crippen LogP contribution in [0.15, 0.2) is 41.8 Å². The molecule has 2 N–H and O–H groups in total. The fraction of sp³-hybridized carbons (Fsp3) is 0.222. The van der Waals surface area contributed by atoms with Gasteiger partial charge in [-0.2, -0.15) is 0 Å². The zero-order chi connectivity index (χ0) is 17.1. The fourth-order valence-corrected chi connectivity index (χ4v) is 3.23. The Morgan fingerprint density at radius 1 is 1.38 bits per heavy atom. The van der Waals surface area contributed by atoms with Crippen molar-refractivity contribution in [2.24, 2.45) is 0 Å². The SMILES string of the molecule is COc1ccc2nc(C)cc(C(=O)NC[C@@H](O)c3cccs3)c2c1. The van der Waals surface area contributed by atoms with Crippen molar-refractivity contribution in [3.05, 3.63) is 57.9 Å². The van der Waals surface area contributed by atoms with Crippen molar-refractivity contribution in [3.8, 4) is 5.75 Å². The summed E-state index contributed by atoms with van der Waals surface area (Å²) in [4.78, 5) is 17.9. The lowest BCUT2D eigenvalue weighted by molar-refractivity contribution is 0.0919. The lowest BCUT2D eigenvalue weighted by Crippen LogP contribution is -2.28. The fourth-order valence-electron chi connectivity index (χ4n) is 2.52. The van der Waals surface area contributed by atoms with Crippen molar-refractivity contribution in [1.82, 2.24) is 10.3 Å². The molecule has 0 saturated heterocycles. The van der Waals surface area contributed by atoms with E-state index in [2.05, 4.69) is 10.3 Å². The monoisotopic (exact) mass is 342 g/mol. The van der Waals surface area contributed by atoms with Crippen molar-refractivity contribution in [2.75, 3.05) is 13.7 Å². The Morgan fingerprint density at radius 2 is 2.21 bits per heavy atom. The van der Waals surface area contributed by atoms with E-state index >= 15 is 0 Å². The van der Waals surface area contributed by atoms with Gasteiger partial charge in [0.1, 0.15) is 11.9 Å². The summed E-state index contributed by atoms with van der Waals surface area (Å²) in [5.41, 5.74) is 2.02. The van der Waals surface area contributed by atoms with Gasteiger partial charge in [0.05, 0.1) is 18.2 Å². The second-order valence-electron chi connectivity index (χ2n) is 5.44. The Bertz CT molecular complexity index is 862. The van der Waals surface area contributed by atoms with Crippen LogP contribution in [0.1, 0.15) is 27.0 Å². The highest BCUT2D eigenvalue weighted by atomic mass is 32.1. The number of ether oxygens (including phenoxy) is 1. The lowest BCUT2D eigenvalue weighted by Gasteiger charge is -2.12. The maximum absolute atomic E-state index is 12.6. The summed E-state index contributed by atoms with van der Waals surface area (Å²) in [6.45, 7) is 2.01. The Balaban J connectivity index is 1.86. The van der Waals surface area contributed by atoms with Crippen molar-refractivity contribution >= 4 is 28.1 Å². The first-order valence-corrected chi connectivity index (χ1v) is 8.41. The van der Waals surface area contributed by atoms with Gasteiger partial charge in [-0.25, -0.2) is 0 Å². The molecule has 0 fully saturated rings. The number of methoxy groups -OCH3 is 1. The molecule has 0 bridgehead atoms. The second kappa shape index (κ2) is 6.98. The van der Waals surface area contributed by atoms with Crippen molar-refractivity contribution in [2.45, 2.75) is 13.0 Å². The van der Waals surface area contributed by atoms with Crippen LogP contribution in [0.2, 0.25) is 0 Å². The molecule has 0 spiro atoms. The summed E-state index contributed by atoms with van der Waals surface area (Å²) in [5.74, 6) is 0.426. The number of carbonyl (C=O) groups is 1. The number of nitrogens with one attached hydrogen (secondary N) is 1. The van der Waals surface area contributed by atoms with E-state index in [0.717, 1.165) is 21.5 Å². The highest BCUT2D eigenvalue weighted by Crippen LogP contribution is 2.24. The molecule has 2 heterocycles. The predicted octanol–water partition coefficient (Wildman–Crippen LogP) is 3.08. The topological polar surface area (TPSA) is 71.5 Å². The number of amides is 1. The number of carbonyl (C=O) groups excluding carboxylic acids is 1. The first kappa shape index (κ1) is 16.4. The molecular weight excluding hydrogens is 324 g/mol. The van der Waals surface area contributed by atoms with E-state index in [0.29, 0.717) is 11.3 Å². The van der Waals surface area contributed by atoms with E-state index in [1.54, 1.807) is 19.2 Å². The third kappa shape index (κ3) is 3.39. The Labute approximate surface area is 143 Å². The molecular formula is C18H18N2O3S. The van der Waals surface area contributed by atoms with Crippen LogP contribution in [0.5, 0.6) is 5.75 Å². The zero-order valence-corrected chi connectivity index (χ0v) is 14.3. The summed E-state index contributed by atoms with van der Waals surface area (Å²) >= 11 is 1.46. The van der Waals surface area contributed by atoms with Gasteiger partial charge < -0.3 is 15.2 Å². The van der Waals surface area contributed by atoms with Gasteiger partial charge in [-0.3, -0.25) is 9.78 Å². The third-order valence-electron chi connectivity index (χ3n) is 3.72. The molecule has 5 nitrogen and oxygen atoms in total. The van der Waals surface area contributed by atoms with E-state index in [4.69, 9.17) is 4.74 Å². The highest BCUT2D eigenvalue weighted by Gasteiger charge is 2.15. The summed E-state index contributed by atoms with van der Waals surface area (Å²) in [5, 5.41) is 15.5. The molecule has 0 aliphatic carbocycles. The minimum Gasteiger partial charge on any atom is -0.497 e. The maximum atomic E-state index is 12.6. The van der Waals surface area contributed by atoms with Crippen LogP contribution < -0.4 is 10.1 Å². The molecule has 1 atom stereocenters. The average Bonchev–Trinajstić information content (AvgIpc) is 3.13. The summed E-state index contributed by atoms with van der Waals surface area (Å²) in [6, 6.07) is 10.9. The molecule has 0 unspecified atom stereocenters. The first-order chi connectivity index (χ1) is 11.6. The third-order valence-corrected chi connectivity index (χ3v) is 4.69. The second-order valence-corrected chi connectivity index (χ2v) is 6.41. The van der Waals surface area contributed by atoms with Gasteiger partial charge in [-0.1, -0.05) is 6.07 Å². The van der Waals surface area contributed by atoms with Gasteiger partial charge in [0, 0.05) is 22.5 Å². The number of pyridine rings is 1. The number of aliphatic hydroxyl groups excluding tert-OH is 1. The van der Waals surface area contributed by atoms with Gasteiger partial charge in [-0.05, 0) is 42.6 Å². The molecule has 3 aromatic rings. The van der Waals surface area contributed by atoms with Gasteiger partial charge in [0.25, 0.3) is 5.91 Å². The predicted molar refractivity (Wildman–Crippen MR) is 94.6 cm³/mol. The number of aromatic nitrogens is 1. The van der Waals surface area contributed by atoms with Gasteiger partial charge >= 0.3 is 0 Å². The first-order valence-electron chi connectivity index (χ1n) is 7.53. The van der Waals surface area contributed by atoms with Crippen LogP contribution in [0.25, 0.3) is 10.9 Å². The van der Waals surface area contributed by atoms with Gasteiger partial charge in [-0.15, -0.1) is 11.3 Å². The standard InChI is InChI=1S/C18H18N2O3S/c1-11-8-14(13-9-12(23-2)5-6-15(13)20-11)18(22)19-10-16(21)17-4-3-7-24-17/h3-9,16,21H,10H2,1-2H3,(H,19,22)/t16-/m1/s1. The van der Waals surface area contributed by atoms with Crippen LogP contribution in [0.3, 0.4) is 0 Å². The van der Waals surface area contributed by atoms with Crippen LogP contribution in [-0.4, -0.2) is 29.7 Å². The van der Waals surface area contributed by atoms with Crippen LogP contribution in [0, 0.1) is 6.92 Å². The number of hydrogen-bond acceptors (Lipinski definition) is 5.